The SMILES string of the molecule is CCC1CCCN1S(=O)(=O)c1ccc(CNCCOC)o1. The molecule has 7 heteroatoms. The summed E-state index contributed by atoms with van der Waals surface area (Å²) in [5.74, 6) is 0.622. The number of rotatable bonds is 8. The highest BCUT2D eigenvalue weighted by Gasteiger charge is 2.36. The van der Waals surface area contributed by atoms with Crippen molar-refractivity contribution >= 4 is 10.0 Å². The molecular formula is C14H24N2O4S. The van der Waals surface area contributed by atoms with Gasteiger partial charge in [0.1, 0.15) is 5.76 Å². The van der Waals surface area contributed by atoms with Gasteiger partial charge >= 0.3 is 0 Å². The third kappa shape index (κ3) is 3.85. The molecule has 1 fully saturated rings. The number of nitrogens with zero attached hydrogens (tertiary/aromatic N) is 1. The fourth-order valence-corrected chi connectivity index (χ4v) is 4.33. The van der Waals surface area contributed by atoms with Crippen LogP contribution in [0, 0.1) is 0 Å². The molecule has 1 aromatic rings. The van der Waals surface area contributed by atoms with Crippen molar-refractivity contribution in [1.82, 2.24) is 9.62 Å². The highest BCUT2D eigenvalue weighted by Crippen LogP contribution is 2.28. The normalized spacial score (nSPS) is 20.2. The molecule has 1 aliphatic heterocycles. The van der Waals surface area contributed by atoms with Gasteiger partial charge in [-0.3, -0.25) is 0 Å². The van der Waals surface area contributed by atoms with Crippen LogP contribution in [0.2, 0.25) is 0 Å². The first-order valence-electron chi connectivity index (χ1n) is 7.39. The molecule has 1 N–H and O–H groups in total. The van der Waals surface area contributed by atoms with Crippen molar-refractivity contribution in [2.45, 2.75) is 43.9 Å². The summed E-state index contributed by atoms with van der Waals surface area (Å²) in [5, 5.41) is 3.18. The standard InChI is InChI=1S/C14H24N2O4S/c1-3-12-5-4-9-16(12)21(17,18)14-7-6-13(20-14)11-15-8-10-19-2/h6-7,12,15H,3-5,8-11H2,1-2H3. The van der Waals surface area contributed by atoms with Gasteiger partial charge in [-0.1, -0.05) is 6.92 Å². The lowest BCUT2D eigenvalue weighted by atomic mass is 10.2. The van der Waals surface area contributed by atoms with Crippen LogP contribution in [-0.2, 0) is 21.3 Å². The molecule has 21 heavy (non-hydrogen) atoms. The van der Waals surface area contributed by atoms with E-state index in [9.17, 15) is 8.42 Å². The van der Waals surface area contributed by atoms with Crippen molar-refractivity contribution in [3.63, 3.8) is 0 Å². The predicted molar refractivity (Wildman–Crippen MR) is 79.5 cm³/mol. The monoisotopic (exact) mass is 316 g/mol. The van der Waals surface area contributed by atoms with E-state index >= 15 is 0 Å². The summed E-state index contributed by atoms with van der Waals surface area (Å²) in [7, 11) is -1.86. The first-order chi connectivity index (χ1) is 10.1. The number of hydrogen-bond acceptors (Lipinski definition) is 5. The molecule has 1 saturated heterocycles. The summed E-state index contributed by atoms with van der Waals surface area (Å²) >= 11 is 0. The average Bonchev–Trinajstić information content (AvgIpc) is 3.12. The molecule has 2 heterocycles. The van der Waals surface area contributed by atoms with Gasteiger partial charge in [0.2, 0.25) is 5.09 Å². The topological polar surface area (TPSA) is 71.8 Å². The van der Waals surface area contributed by atoms with E-state index in [4.69, 9.17) is 9.15 Å². The van der Waals surface area contributed by atoms with Gasteiger partial charge in [-0.2, -0.15) is 4.31 Å². The molecule has 0 saturated carbocycles. The van der Waals surface area contributed by atoms with Crippen molar-refractivity contribution in [2.75, 3.05) is 26.8 Å². The zero-order valence-corrected chi connectivity index (χ0v) is 13.5. The Balaban J connectivity index is 2.02. The van der Waals surface area contributed by atoms with Gasteiger partial charge < -0.3 is 14.5 Å². The van der Waals surface area contributed by atoms with Crippen LogP contribution >= 0.6 is 0 Å². The van der Waals surface area contributed by atoms with Crippen LogP contribution in [0.4, 0.5) is 0 Å². The zero-order valence-electron chi connectivity index (χ0n) is 12.7. The highest BCUT2D eigenvalue weighted by molar-refractivity contribution is 7.89. The van der Waals surface area contributed by atoms with Crippen LogP contribution in [-0.4, -0.2) is 45.6 Å². The van der Waals surface area contributed by atoms with Crippen LogP contribution in [0.15, 0.2) is 21.6 Å². The van der Waals surface area contributed by atoms with Gasteiger partial charge in [0.05, 0.1) is 13.2 Å². The first kappa shape index (κ1) is 16.5. The molecule has 0 bridgehead atoms. The highest BCUT2D eigenvalue weighted by atomic mass is 32.2. The molecule has 0 amide bonds. The largest absolute Gasteiger partial charge is 0.447 e. The van der Waals surface area contributed by atoms with Crippen LogP contribution in [0.5, 0.6) is 0 Å². The maximum atomic E-state index is 12.6. The van der Waals surface area contributed by atoms with Crippen LogP contribution < -0.4 is 5.32 Å². The van der Waals surface area contributed by atoms with Crippen LogP contribution in [0.1, 0.15) is 31.9 Å². The van der Waals surface area contributed by atoms with Gasteiger partial charge in [0.15, 0.2) is 0 Å². The second-order valence-corrected chi connectivity index (χ2v) is 7.03. The molecule has 2 rings (SSSR count). The Morgan fingerprint density at radius 1 is 1.48 bits per heavy atom. The Morgan fingerprint density at radius 3 is 3.00 bits per heavy atom. The summed E-state index contributed by atoms with van der Waals surface area (Å²) in [6, 6.07) is 3.36. The molecule has 120 valence electrons. The Hall–Kier alpha value is -0.890. The van der Waals surface area contributed by atoms with Gasteiger partial charge in [-0.05, 0) is 31.4 Å². The minimum atomic E-state index is -3.50. The minimum Gasteiger partial charge on any atom is -0.447 e. The summed E-state index contributed by atoms with van der Waals surface area (Å²) in [4.78, 5) is 0. The van der Waals surface area contributed by atoms with Gasteiger partial charge in [-0.15, -0.1) is 0 Å². The molecule has 6 nitrogen and oxygen atoms in total. The minimum absolute atomic E-state index is 0.0476. The number of methoxy groups -OCH3 is 1. The maximum absolute atomic E-state index is 12.6. The number of nitrogens with one attached hydrogen (secondary N) is 1. The van der Waals surface area contributed by atoms with E-state index in [2.05, 4.69) is 5.32 Å². The number of ether oxygens (including phenoxy) is 1. The fourth-order valence-electron chi connectivity index (χ4n) is 2.63. The average molecular weight is 316 g/mol. The zero-order chi connectivity index (χ0) is 15.3. The molecule has 1 atom stereocenters. The molecule has 0 radical (unpaired) electrons. The quantitative estimate of drug-likeness (QED) is 0.737. The summed E-state index contributed by atoms with van der Waals surface area (Å²) in [6.45, 7) is 4.41. The van der Waals surface area contributed by atoms with Gasteiger partial charge in [0, 0.05) is 26.2 Å². The lowest BCUT2D eigenvalue weighted by Gasteiger charge is -2.21. The molecule has 1 aliphatic rings. The summed E-state index contributed by atoms with van der Waals surface area (Å²) in [5.41, 5.74) is 0. The molecular weight excluding hydrogens is 292 g/mol. The van der Waals surface area contributed by atoms with E-state index in [1.807, 2.05) is 6.92 Å². The van der Waals surface area contributed by atoms with Crippen LogP contribution in [0.25, 0.3) is 0 Å². The van der Waals surface area contributed by atoms with Crippen molar-refractivity contribution in [1.29, 1.82) is 0 Å². The number of furan rings is 1. The Labute approximate surface area is 126 Å². The second kappa shape index (κ2) is 7.40. The third-order valence-corrected chi connectivity index (χ3v) is 5.60. The van der Waals surface area contributed by atoms with E-state index in [1.54, 1.807) is 23.5 Å². The fraction of sp³-hybridized carbons (Fsp3) is 0.714. The number of hydrogen-bond donors (Lipinski definition) is 1. The third-order valence-electron chi connectivity index (χ3n) is 3.78. The van der Waals surface area contributed by atoms with Gasteiger partial charge in [0.25, 0.3) is 10.0 Å². The Kier molecular flexibility index (Phi) is 5.80. The Bertz CT molecular complexity index is 541. The first-order valence-corrected chi connectivity index (χ1v) is 8.83. The summed E-state index contributed by atoms with van der Waals surface area (Å²) < 4.78 is 37.2. The lowest BCUT2D eigenvalue weighted by Crippen LogP contribution is -2.34. The number of sulfonamides is 1. The molecule has 0 aromatic carbocycles. The van der Waals surface area contributed by atoms with Crippen molar-refractivity contribution < 1.29 is 17.6 Å². The van der Waals surface area contributed by atoms with E-state index in [0.29, 0.717) is 32.0 Å². The molecule has 1 unspecified atom stereocenters. The molecule has 1 aromatic heterocycles. The van der Waals surface area contributed by atoms with Crippen molar-refractivity contribution in [2.24, 2.45) is 0 Å². The molecule has 0 spiro atoms. The molecule has 0 aliphatic carbocycles. The Morgan fingerprint density at radius 2 is 2.29 bits per heavy atom. The lowest BCUT2D eigenvalue weighted by molar-refractivity contribution is 0.198. The maximum Gasteiger partial charge on any atom is 0.276 e. The van der Waals surface area contributed by atoms with E-state index in [1.165, 1.54) is 0 Å². The van der Waals surface area contributed by atoms with E-state index < -0.39 is 10.0 Å². The predicted octanol–water partition coefficient (Wildman–Crippen LogP) is 1.58. The van der Waals surface area contributed by atoms with Crippen LogP contribution in [0.3, 0.4) is 0 Å². The smallest absolute Gasteiger partial charge is 0.276 e. The van der Waals surface area contributed by atoms with Gasteiger partial charge in [-0.25, -0.2) is 8.42 Å². The van der Waals surface area contributed by atoms with Crippen molar-refractivity contribution in [3.05, 3.63) is 17.9 Å². The van der Waals surface area contributed by atoms with E-state index in [-0.39, 0.29) is 11.1 Å². The van der Waals surface area contributed by atoms with Crippen molar-refractivity contribution in [3.8, 4) is 0 Å². The summed E-state index contributed by atoms with van der Waals surface area (Å²) in [6.07, 6.45) is 2.69. The second-order valence-electron chi connectivity index (χ2n) is 5.21. The van der Waals surface area contributed by atoms with E-state index in [0.717, 1.165) is 19.3 Å².